The van der Waals surface area contributed by atoms with E-state index in [1.54, 1.807) is 0 Å². The van der Waals surface area contributed by atoms with Crippen molar-refractivity contribution in [2.75, 3.05) is 26.7 Å². The van der Waals surface area contributed by atoms with Crippen LogP contribution in [0.1, 0.15) is 136 Å². The number of quaternary nitrogens is 1. The van der Waals surface area contributed by atoms with Crippen LogP contribution in [0.5, 0.6) is 0 Å². The molecule has 0 bridgehead atoms. The number of hydrogen-bond donors (Lipinski definition) is 4. The first kappa shape index (κ1) is 46.2. The zero-order valence-electron chi connectivity index (χ0n) is 21.6. The summed E-state index contributed by atoms with van der Waals surface area (Å²) in [6, 6.07) is 0. The molecule has 0 aromatic rings. The number of rotatable bonds is 21. The van der Waals surface area contributed by atoms with Gasteiger partial charge in [-0.2, -0.15) is 0 Å². The molecule has 0 unspecified atom stereocenters. The van der Waals surface area contributed by atoms with Crippen molar-refractivity contribution < 1.29 is 23.7 Å². The Labute approximate surface area is 265 Å². The van der Waals surface area contributed by atoms with Crippen LogP contribution in [0.2, 0.25) is 0 Å². The molecule has 5 nitrogen and oxygen atoms in total. The Morgan fingerprint density at radius 3 is 0.853 bits per heavy atom. The maximum absolute atomic E-state index is 7.33. The number of hydrogen-bond acceptors (Lipinski definition) is 4. The summed E-state index contributed by atoms with van der Waals surface area (Å²) >= 11 is 0. The van der Waals surface area contributed by atoms with E-state index in [2.05, 4.69) is 27.8 Å². The van der Waals surface area contributed by atoms with Crippen LogP contribution in [-0.4, -0.2) is 131 Å². The second-order valence-electron chi connectivity index (χ2n) is 9.69. The third-order valence-electron chi connectivity index (χ3n) is 6.15. The van der Waals surface area contributed by atoms with Crippen molar-refractivity contribution in [2.45, 2.75) is 136 Å². The van der Waals surface area contributed by atoms with Gasteiger partial charge in [0, 0.05) is 0 Å². The molecule has 0 amide bonds. The molecule has 0 aliphatic carbocycles. The minimum absolute atomic E-state index is 0. The molecule has 4 N–H and O–H groups in total. The van der Waals surface area contributed by atoms with Crippen LogP contribution in [0, 0.1) is 0 Å². The first-order chi connectivity index (χ1) is 14.7. The summed E-state index contributed by atoms with van der Waals surface area (Å²) in [6.45, 7) is 11.2. The Morgan fingerprint density at radius 1 is 0.471 bits per heavy atom. The monoisotopic (exact) mass is 522 g/mol. The molecule has 0 heterocycles. The van der Waals surface area contributed by atoms with Gasteiger partial charge in [0.25, 0.3) is 0 Å². The van der Waals surface area contributed by atoms with Crippen molar-refractivity contribution in [3.63, 3.8) is 0 Å². The quantitative estimate of drug-likeness (QED) is 0.105. The summed E-state index contributed by atoms with van der Waals surface area (Å²) in [5, 5.41) is 0. The molecule has 0 spiro atoms. The summed E-state index contributed by atoms with van der Waals surface area (Å²) in [7, 11) is -2.05. The van der Waals surface area contributed by atoms with E-state index in [1.807, 2.05) is 0 Å². The van der Waals surface area contributed by atoms with Crippen LogP contribution >= 0.6 is 0 Å². The predicted molar refractivity (Wildman–Crippen MR) is 158 cm³/mol. The van der Waals surface area contributed by atoms with E-state index >= 15 is 0 Å². The van der Waals surface area contributed by atoms with Crippen molar-refractivity contribution in [2.24, 2.45) is 0 Å². The normalized spacial score (nSPS) is 10.9. The standard InChI is InChI=1S/C25H54N.Li.Mg.Na.H4O4Si.4H/c1-5-8-11-14-17-20-23-26(4,24-21-18-15-12-9-6-2)25-22-19-16-13-10-7-3;;;;1-5(2,3)4;;;;/h5-25H2,1-4H3;;;;1-4H;;;;/q+1;;;;;;;;. The molecule has 0 saturated carbocycles. The van der Waals surface area contributed by atoms with Gasteiger partial charge in [-0.15, -0.1) is 0 Å². The van der Waals surface area contributed by atoms with Crippen LogP contribution in [0.15, 0.2) is 0 Å². The van der Waals surface area contributed by atoms with Gasteiger partial charge in [-0.05, 0) is 38.5 Å². The van der Waals surface area contributed by atoms with E-state index in [1.165, 1.54) is 140 Å². The first-order valence-electron chi connectivity index (χ1n) is 13.4. The van der Waals surface area contributed by atoms with Gasteiger partial charge < -0.3 is 23.7 Å². The molecule has 0 fully saturated rings. The summed E-state index contributed by atoms with van der Waals surface area (Å²) in [5.41, 5.74) is 0. The van der Waals surface area contributed by atoms with Crippen LogP contribution in [0.25, 0.3) is 0 Å². The van der Waals surface area contributed by atoms with Gasteiger partial charge in [-0.25, -0.2) is 0 Å². The van der Waals surface area contributed by atoms with Crippen LogP contribution < -0.4 is 0 Å². The molecule has 198 valence electrons. The van der Waals surface area contributed by atoms with Gasteiger partial charge in [0.1, 0.15) is 0 Å². The molecule has 0 aromatic carbocycles. The summed E-state index contributed by atoms with van der Waals surface area (Å²) in [4.78, 5) is 29.3. The predicted octanol–water partition coefficient (Wildman–Crippen LogP) is 3.69. The summed E-state index contributed by atoms with van der Waals surface area (Å²) in [6.07, 6.45) is 25.9. The second kappa shape index (κ2) is 33.4. The van der Waals surface area contributed by atoms with E-state index in [-0.39, 0.29) is 71.5 Å². The van der Waals surface area contributed by atoms with Crippen molar-refractivity contribution in [1.82, 2.24) is 0 Å². The van der Waals surface area contributed by atoms with Gasteiger partial charge in [0.2, 0.25) is 0 Å². The molecule has 0 aromatic heterocycles. The molecular weight excluding hydrogens is 461 g/mol. The fourth-order valence-electron chi connectivity index (χ4n) is 4.16. The Hall–Kier alpha value is 2.38. The number of unbranched alkanes of at least 4 members (excludes halogenated alkanes) is 15. The topological polar surface area (TPSA) is 80.9 Å². The van der Waals surface area contributed by atoms with Crippen LogP contribution in [0.4, 0.5) is 0 Å². The first-order valence-corrected chi connectivity index (χ1v) is 15.2. The zero-order valence-corrected chi connectivity index (χ0v) is 22.6. The Balaban J connectivity index is -0.000000315. The molecule has 0 saturated heterocycles. The molecule has 0 radical (unpaired) electrons. The van der Waals surface area contributed by atoms with Gasteiger partial charge in [-0.3, -0.25) is 0 Å². The summed E-state index contributed by atoms with van der Waals surface area (Å²) < 4.78 is 1.36. The average molecular weight is 523 g/mol. The third kappa shape index (κ3) is 44.4. The zero-order chi connectivity index (χ0) is 23.8. The van der Waals surface area contributed by atoms with Gasteiger partial charge in [-0.1, -0.05) is 97.8 Å². The molecule has 0 rings (SSSR count). The third-order valence-corrected chi connectivity index (χ3v) is 6.15. The average Bonchev–Trinajstić information content (AvgIpc) is 2.69. The Kier molecular flexibility index (Phi) is 45.4. The Bertz CT molecular complexity index is 324. The fourth-order valence-corrected chi connectivity index (χ4v) is 4.16. The van der Waals surface area contributed by atoms with Crippen molar-refractivity contribution >= 4 is 80.5 Å². The maximum atomic E-state index is 7.33. The molecule has 9 heteroatoms. The van der Waals surface area contributed by atoms with E-state index < -0.39 is 9.05 Å². The fraction of sp³-hybridized carbons (Fsp3) is 1.00. The second-order valence-corrected chi connectivity index (χ2v) is 10.9. The van der Waals surface area contributed by atoms with E-state index in [4.69, 9.17) is 19.2 Å². The molecule has 0 aliphatic heterocycles. The SMILES string of the molecule is CCCCCCCC[N+](C)(CCCCCCCC)CCCCCCCC.O[Si](O)(O)O.[LiH].[MgH2].[NaH]. The van der Waals surface area contributed by atoms with Crippen molar-refractivity contribution in [3.8, 4) is 0 Å². The summed E-state index contributed by atoms with van der Waals surface area (Å²) in [5.74, 6) is 0. The van der Waals surface area contributed by atoms with Crippen LogP contribution in [-0.2, 0) is 0 Å². The van der Waals surface area contributed by atoms with Gasteiger partial charge >= 0.3 is 80.5 Å². The molecule has 0 atom stereocenters. The molecular formula is C25H62LiMgNNaO4Si+. The van der Waals surface area contributed by atoms with Crippen molar-refractivity contribution in [1.29, 1.82) is 0 Å². The van der Waals surface area contributed by atoms with Gasteiger partial charge in [0.15, 0.2) is 0 Å². The minimum atomic E-state index is -4.61. The van der Waals surface area contributed by atoms with Gasteiger partial charge in [0.05, 0.1) is 26.7 Å². The van der Waals surface area contributed by atoms with E-state index in [0.29, 0.717) is 0 Å². The number of nitrogens with zero attached hydrogens (tertiary/aromatic N) is 1. The van der Waals surface area contributed by atoms with E-state index in [0.717, 1.165) is 0 Å². The Morgan fingerprint density at radius 2 is 0.647 bits per heavy atom. The molecule has 0 aliphatic rings. The van der Waals surface area contributed by atoms with Crippen LogP contribution in [0.3, 0.4) is 0 Å². The van der Waals surface area contributed by atoms with Crippen molar-refractivity contribution in [3.05, 3.63) is 0 Å². The molecule has 34 heavy (non-hydrogen) atoms. The van der Waals surface area contributed by atoms with E-state index in [9.17, 15) is 0 Å².